The molecule has 3 aromatic carbocycles. The third-order valence-corrected chi connectivity index (χ3v) is 6.36. The lowest BCUT2D eigenvalue weighted by Gasteiger charge is -2.18. The average molecular weight is 457 g/mol. The van der Waals surface area contributed by atoms with Crippen LogP contribution >= 0.6 is 0 Å². The van der Waals surface area contributed by atoms with Gasteiger partial charge in [0.1, 0.15) is 0 Å². The van der Waals surface area contributed by atoms with Crippen molar-refractivity contribution in [3.63, 3.8) is 0 Å². The first kappa shape index (κ1) is 23.4. The van der Waals surface area contributed by atoms with E-state index in [1.54, 1.807) is 14.2 Å². The van der Waals surface area contributed by atoms with E-state index in [0.717, 1.165) is 17.5 Å². The largest absolute Gasteiger partial charge is 0.493 e. The van der Waals surface area contributed by atoms with Crippen LogP contribution in [-0.2, 0) is 18.3 Å². The quantitative estimate of drug-likeness (QED) is 0.368. The zero-order valence-electron chi connectivity index (χ0n) is 20.3. The molecule has 0 spiro atoms. The molecule has 0 radical (unpaired) electrons. The second kappa shape index (κ2) is 10.5. The fourth-order valence-corrected chi connectivity index (χ4v) is 4.50. The van der Waals surface area contributed by atoms with E-state index < -0.39 is 0 Å². The van der Waals surface area contributed by atoms with E-state index in [-0.39, 0.29) is 11.8 Å². The van der Waals surface area contributed by atoms with Crippen LogP contribution in [0.15, 0.2) is 72.9 Å². The molecule has 5 heteroatoms. The fraction of sp³-hybridized carbons (Fsp3) is 0.276. The summed E-state index contributed by atoms with van der Waals surface area (Å²) in [5, 5.41) is 4.30. The van der Waals surface area contributed by atoms with Gasteiger partial charge in [0.25, 0.3) is 0 Å². The van der Waals surface area contributed by atoms with Crippen LogP contribution in [0.25, 0.3) is 10.9 Å². The summed E-state index contributed by atoms with van der Waals surface area (Å²) in [4.78, 5) is 13.1. The summed E-state index contributed by atoms with van der Waals surface area (Å²) in [6.07, 6.45) is 3.27. The number of nitrogens with zero attached hydrogens (tertiary/aromatic N) is 1. The number of carbonyl (C=O) groups excluding carboxylic acids is 1. The minimum atomic E-state index is -0.0206. The first-order valence-corrected chi connectivity index (χ1v) is 11.6. The number of methoxy groups -OCH3 is 2. The van der Waals surface area contributed by atoms with E-state index >= 15 is 0 Å². The normalized spacial score (nSPS) is 11.9. The number of fused-ring (bicyclic) bond motifs is 1. The smallest absolute Gasteiger partial charge is 0.220 e. The van der Waals surface area contributed by atoms with Gasteiger partial charge in [-0.1, -0.05) is 54.1 Å². The number of rotatable bonds is 9. The van der Waals surface area contributed by atoms with Crippen molar-refractivity contribution in [3.8, 4) is 11.5 Å². The molecule has 0 aliphatic carbocycles. The number of aromatic nitrogens is 1. The molecule has 4 aromatic rings. The van der Waals surface area contributed by atoms with Crippen molar-refractivity contribution < 1.29 is 14.3 Å². The molecule has 0 unspecified atom stereocenters. The molecule has 0 saturated heterocycles. The SMILES string of the molecule is COc1ccc(CCNC(=O)C[C@@H](c2ccc(C)cc2)c2cn(C)c3ccccc23)cc1OC. The van der Waals surface area contributed by atoms with Gasteiger partial charge in [0.15, 0.2) is 11.5 Å². The predicted molar refractivity (Wildman–Crippen MR) is 137 cm³/mol. The Kier molecular flexibility index (Phi) is 7.21. The minimum absolute atomic E-state index is 0.0206. The fourth-order valence-electron chi connectivity index (χ4n) is 4.50. The summed E-state index contributed by atoms with van der Waals surface area (Å²) >= 11 is 0. The molecule has 1 atom stereocenters. The summed E-state index contributed by atoms with van der Waals surface area (Å²) in [5.41, 5.74) is 5.79. The Hall–Kier alpha value is -3.73. The van der Waals surface area contributed by atoms with E-state index in [1.165, 1.54) is 22.0 Å². The number of hydrogen-bond acceptors (Lipinski definition) is 3. The van der Waals surface area contributed by atoms with Gasteiger partial charge in [-0.3, -0.25) is 4.79 Å². The minimum Gasteiger partial charge on any atom is -0.493 e. The maximum absolute atomic E-state index is 13.1. The van der Waals surface area contributed by atoms with Crippen LogP contribution in [0.4, 0.5) is 0 Å². The van der Waals surface area contributed by atoms with Gasteiger partial charge in [0.05, 0.1) is 14.2 Å². The molecule has 0 fully saturated rings. The highest BCUT2D eigenvalue weighted by atomic mass is 16.5. The number of carbonyl (C=O) groups is 1. The van der Waals surface area contributed by atoms with Crippen molar-refractivity contribution in [2.24, 2.45) is 7.05 Å². The molecule has 4 rings (SSSR count). The number of benzene rings is 3. The number of amides is 1. The van der Waals surface area contributed by atoms with Gasteiger partial charge in [-0.15, -0.1) is 0 Å². The van der Waals surface area contributed by atoms with Crippen LogP contribution in [0.2, 0.25) is 0 Å². The molecule has 1 amide bonds. The predicted octanol–water partition coefficient (Wildman–Crippen LogP) is 5.38. The zero-order chi connectivity index (χ0) is 24.1. The summed E-state index contributed by atoms with van der Waals surface area (Å²) in [6.45, 7) is 2.64. The van der Waals surface area contributed by atoms with Gasteiger partial charge in [0, 0.05) is 43.0 Å². The molecular weight excluding hydrogens is 424 g/mol. The standard InChI is InChI=1S/C29H32N2O3/c1-20-9-12-22(13-10-20)24(25-19-31(2)26-8-6-5-7-23(25)26)18-29(32)30-16-15-21-11-14-27(33-3)28(17-21)34-4/h5-14,17,19,24H,15-16,18H2,1-4H3,(H,30,32)/t24-/m0/s1. The van der Waals surface area contributed by atoms with Crippen molar-refractivity contribution >= 4 is 16.8 Å². The van der Waals surface area contributed by atoms with E-state index in [0.29, 0.717) is 24.5 Å². The van der Waals surface area contributed by atoms with Crippen molar-refractivity contribution in [1.29, 1.82) is 0 Å². The molecule has 1 heterocycles. The lowest BCUT2D eigenvalue weighted by Crippen LogP contribution is -2.27. The Balaban J connectivity index is 1.50. The van der Waals surface area contributed by atoms with Gasteiger partial charge in [0.2, 0.25) is 5.91 Å². The van der Waals surface area contributed by atoms with Crippen LogP contribution < -0.4 is 14.8 Å². The summed E-state index contributed by atoms with van der Waals surface area (Å²) in [5.74, 6) is 1.42. The van der Waals surface area contributed by atoms with E-state index in [9.17, 15) is 4.79 Å². The van der Waals surface area contributed by atoms with Crippen molar-refractivity contribution in [2.45, 2.75) is 25.7 Å². The zero-order valence-corrected chi connectivity index (χ0v) is 20.3. The van der Waals surface area contributed by atoms with E-state index in [4.69, 9.17) is 9.47 Å². The summed E-state index contributed by atoms with van der Waals surface area (Å²) < 4.78 is 12.8. The van der Waals surface area contributed by atoms with Gasteiger partial charge in [-0.05, 0) is 48.2 Å². The lowest BCUT2D eigenvalue weighted by molar-refractivity contribution is -0.121. The molecule has 0 aliphatic rings. The van der Waals surface area contributed by atoms with Gasteiger partial charge in [-0.2, -0.15) is 0 Å². The number of ether oxygens (including phenoxy) is 2. The molecule has 0 aliphatic heterocycles. The lowest BCUT2D eigenvalue weighted by atomic mass is 9.87. The summed E-state index contributed by atoms with van der Waals surface area (Å²) in [6, 6.07) is 22.7. The van der Waals surface area contributed by atoms with Crippen LogP contribution in [0.3, 0.4) is 0 Å². The first-order chi connectivity index (χ1) is 16.5. The van der Waals surface area contributed by atoms with Crippen molar-refractivity contribution in [3.05, 3.63) is 95.2 Å². The third-order valence-electron chi connectivity index (χ3n) is 6.36. The Labute approximate surface area is 201 Å². The van der Waals surface area contributed by atoms with Gasteiger partial charge < -0.3 is 19.4 Å². The maximum atomic E-state index is 13.1. The number of aryl methyl sites for hydroxylation is 2. The molecule has 34 heavy (non-hydrogen) atoms. The van der Waals surface area contributed by atoms with Crippen molar-refractivity contribution in [2.75, 3.05) is 20.8 Å². The second-order valence-corrected chi connectivity index (χ2v) is 8.67. The van der Waals surface area contributed by atoms with Crippen molar-refractivity contribution in [1.82, 2.24) is 9.88 Å². The highest BCUT2D eigenvalue weighted by molar-refractivity contribution is 5.86. The monoisotopic (exact) mass is 456 g/mol. The maximum Gasteiger partial charge on any atom is 0.220 e. The average Bonchev–Trinajstić information content (AvgIpc) is 3.19. The number of hydrogen-bond donors (Lipinski definition) is 1. The number of para-hydroxylation sites is 1. The molecule has 1 aromatic heterocycles. The highest BCUT2D eigenvalue weighted by Gasteiger charge is 2.22. The van der Waals surface area contributed by atoms with Gasteiger partial charge >= 0.3 is 0 Å². The van der Waals surface area contributed by atoms with E-state index in [2.05, 4.69) is 72.5 Å². The molecule has 0 saturated carbocycles. The molecular formula is C29H32N2O3. The molecule has 1 N–H and O–H groups in total. The Morgan fingerprint density at radius 1 is 0.971 bits per heavy atom. The molecule has 0 bridgehead atoms. The van der Waals surface area contributed by atoms with Crippen LogP contribution in [0.5, 0.6) is 11.5 Å². The van der Waals surface area contributed by atoms with E-state index in [1.807, 2.05) is 24.3 Å². The van der Waals surface area contributed by atoms with Crippen LogP contribution in [-0.4, -0.2) is 31.2 Å². The third kappa shape index (κ3) is 5.09. The second-order valence-electron chi connectivity index (χ2n) is 8.67. The Morgan fingerprint density at radius 2 is 1.71 bits per heavy atom. The summed E-state index contributed by atoms with van der Waals surface area (Å²) in [7, 11) is 5.31. The van der Waals surface area contributed by atoms with Crippen LogP contribution in [0.1, 0.15) is 34.6 Å². The topological polar surface area (TPSA) is 52.5 Å². The first-order valence-electron chi connectivity index (χ1n) is 11.6. The molecule has 176 valence electrons. The highest BCUT2D eigenvalue weighted by Crippen LogP contribution is 2.34. The van der Waals surface area contributed by atoms with Gasteiger partial charge in [-0.25, -0.2) is 0 Å². The number of nitrogens with one attached hydrogen (secondary N) is 1. The Morgan fingerprint density at radius 3 is 2.44 bits per heavy atom. The molecule has 5 nitrogen and oxygen atoms in total. The Bertz CT molecular complexity index is 1270. The van der Waals surface area contributed by atoms with Crippen LogP contribution in [0, 0.1) is 6.92 Å².